The number of thiazole rings is 1. The first-order valence-corrected chi connectivity index (χ1v) is 9.61. The van der Waals surface area contributed by atoms with Gasteiger partial charge in [0.15, 0.2) is 0 Å². The van der Waals surface area contributed by atoms with Gasteiger partial charge in [0.1, 0.15) is 40.6 Å². The topological polar surface area (TPSA) is 65.5 Å². The molecule has 5 nitrogen and oxygen atoms in total. The number of benzene rings is 2. The lowest BCUT2D eigenvalue weighted by molar-refractivity contribution is 0.302. The van der Waals surface area contributed by atoms with Gasteiger partial charge in [-0.05, 0) is 12.1 Å². The lowest BCUT2D eigenvalue weighted by atomic mass is 10.2. The molecular formula is C16H12F3NO4S2. The Kier molecular flexibility index (Phi) is 5.17. The van der Waals surface area contributed by atoms with E-state index >= 15 is 0 Å². The predicted molar refractivity (Wildman–Crippen MR) is 89.9 cm³/mol. The highest BCUT2D eigenvalue weighted by Gasteiger charge is 2.17. The summed E-state index contributed by atoms with van der Waals surface area (Å²) in [6.45, 7) is -0.256. The molecule has 10 heteroatoms. The van der Waals surface area contributed by atoms with Crippen molar-refractivity contribution >= 4 is 31.7 Å². The molecule has 1 heterocycles. The fourth-order valence-electron chi connectivity index (χ4n) is 2.19. The van der Waals surface area contributed by atoms with Gasteiger partial charge in [0.2, 0.25) is 0 Å². The number of rotatable bonds is 6. The standard InChI is InChI=1S/C16H12F3NO4S2/c1-23-26(21,22)8-15-20-13-5-11(18)6-14(16(13)25-15)24-7-9-2-3-10(17)4-12(9)19/h2-6H,7-8H2,1H3. The largest absolute Gasteiger partial charge is 0.487 e. The van der Waals surface area contributed by atoms with E-state index in [9.17, 15) is 21.6 Å². The molecular weight excluding hydrogens is 391 g/mol. The summed E-state index contributed by atoms with van der Waals surface area (Å²) < 4.78 is 73.8. The summed E-state index contributed by atoms with van der Waals surface area (Å²) in [6.07, 6.45) is 0. The van der Waals surface area contributed by atoms with Crippen LogP contribution in [0.3, 0.4) is 0 Å². The lowest BCUT2D eigenvalue weighted by Crippen LogP contribution is -2.05. The molecule has 0 aliphatic heterocycles. The Bertz CT molecular complexity index is 1070. The van der Waals surface area contributed by atoms with Crippen molar-refractivity contribution in [3.05, 3.63) is 58.4 Å². The van der Waals surface area contributed by atoms with Gasteiger partial charge in [-0.25, -0.2) is 18.2 Å². The van der Waals surface area contributed by atoms with Crippen LogP contribution in [0.2, 0.25) is 0 Å². The summed E-state index contributed by atoms with van der Waals surface area (Å²) in [6, 6.07) is 5.27. The van der Waals surface area contributed by atoms with Gasteiger partial charge in [0, 0.05) is 23.8 Å². The van der Waals surface area contributed by atoms with Gasteiger partial charge < -0.3 is 4.74 Å². The first kappa shape index (κ1) is 18.6. The molecule has 0 aliphatic rings. The summed E-state index contributed by atoms with van der Waals surface area (Å²) in [4.78, 5) is 4.07. The molecule has 0 N–H and O–H groups in total. The van der Waals surface area contributed by atoms with Gasteiger partial charge in [-0.1, -0.05) is 0 Å². The second-order valence-corrected chi connectivity index (χ2v) is 8.07. The number of hydrogen-bond acceptors (Lipinski definition) is 6. The molecule has 0 radical (unpaired) electrons. The van der Waals surface area contributed by atoms with E-state index in [0.29, 0.717) is 4.70 Å². The fourth-order valence-corrected chi connectivity index (χ4v) is 4.15. The third kappa shape index (κ3) is 4.14. The maximum absolute atomic E-state index is 13.8. The normalized spacial score (nSPS) is 11.8. The number of nitrogens with zero attached hydrogens (tertiary/aromatic N) is 1. The molecule has 0 aliphatic carbocycles. The Labute approximate surface area is 151 Å². The molecule has 2 aromatic carbocycles. The number of halogens is 3. The summed E-state index contributed by atoms with van der Waals surface area (Å²) in [5.74, 6) is -2.52. The molecule has 0 unspecified atom stereocenters. The SMILES string of the molecule is COS(=O)(=O)Cc1nc2cc(F)cc(OCc3ccc(F)cc3F)c2s1. The van der Waals surface area contributed by atoms with Gasteiger partial charge in [-0.15, -0.1) is 11.3 Å². The number of aromatic nitrogens is 1. The third-order valence-corrected chi connectivity index (χ3v) is 5.82. The maximum atomic E-state index is 13.8. The first-order valence-electron chi connectivity index (χ1n) is 7.21. The molecule has 0 bridgehead atoms. The smallest absolute Gasteiger partial charge is 0.273 e. The zero-order valence-electron chi connectivity index (χ0n) is 13.3. The summed E-state index contributed by atoms with van der Waals surface area (Å²) in [7, 11) is -2.74. The zero-order chi connectivity index (χ0) is 18.9. The first-order chi connectivity index (χ1) is 12.3. The highest BCUT2D eigenvalue weighted by atomic mass is 32.2. The molecule has 26 heavy (non-hydrogen) atoms. The number of fused-ring (bicyclic) bond motifs is 1. The molecule has 0 spiro atoms. The number of ether oxygens (including phenoxy) is 1. The second-order valence-electron chi connectivity index (χ2n) is 5.25. The van der Waals surface area contributed by atoms with Gasteiger partial charge >= 0.3 is 0 Å². The van der Waals surface area contributed by atoms with E-state index in [1.54, 1.807) is 0 Å². The van der Waals surface area contributed by atoms with E-state index < -0.39 is 33.3 Å². The zero-order valence-corrected chi connectivity index (χ0v) is 15.0. The molecule has 1 aromatic heterocycles. The van der Waals surface area contributed by atoms with Crippen LogP contribution in [-0.4, -0.2) is 20.5 Å². The van der Waals surface area contributed by atoms with Crippen molar-refractivity contribution in [3.63, 3.8) is 0 Å². The van der Waals surface area contributed by atoms with Crippen LogP contribution in [0.15, 0.2) is 30.3 Å². The van der Waals surface area contributed by atoms with Crippen LogP contribution in [0, 0.1) is 17.5 Å². The quantitative estimate of drug-likeness (QED) is 0.586. The maximum Gasteiger partial charge on any atom is 0.273 e. The van der Waals surface area contributed by atoms with E-state index in [4.69, 9.17) is 4.74 Å². The predicted octanol–water partition coefficient (Wildman–Crippen LogP) is 3.77. The Hall–Kier alpha value is -2.17. The van der Waals surface area contributed by atoms with Crippen molar-refractivity contribution in [2.45, 2.75) is 12.4 Å². The average molecular weight is 403 g/mol. The van der Waals surface area contributed by atoms with Crippen molar-refractivity contribution in [3.8, 4) is 5.75 Å². The highest BCUT2D eigenvalue weighted by Crippen LogP contribution is 2.34. The van der Waals surface area contributed by atoms with Crippen LogP contribution in [-0.2, 0) is 26.7 Å². The summed E-state index contributed by atoms with van der Waals surface area (Å²) >= 11 is 1.00. The molecule has 0 atom stereocenters. The Balaban J connectivity index is 1.91. The van der Waals surface area contributed by atoms with Gasteiger partial charge in [-0.3, -0.25) is 4.18 Å². The van der Waals surface area contributed by atoms with Crippen LogP contribution in [0.25, 0.3) is 10.2 Å². The number of hydrogen-bond donors (Lipinski definition) is 0. The van der Waals surface area contributed by atoms with Crippen molar-refractivity contribution in [2.24, 2.45) is 0 Å². The van der Waals surface area contributed by atoms with Crippen molar-refractivity contribution < 1.29 is 30.5 Å². The van der Waals surface area contributed by atoms with Gasteiger partial charge in [0.05, 0.1) is 17.3 Å². The van der Waals surface area contributed by atoms with E-state index in [0.717, 1.165) is 42.7 Å². The molecule has 138 valence electrons. The average Bonchev–Trinajstić information content (AvgIpc) is 2.95. The Morgan fingerprint density at radius 3 is 2.58 bits per heavy atom. The third-order valence-electron chi connectivity index (χ3n) is 3.42. The van der Waals surface area contributed by atoms with E-state index in [-0.39, 0.29) is 28.4 Å². The molecule has 0 fully saturated rings. The highest BCUT2D eigenvalue weighted by molar-refractivity contribution is 7.86. The minimum absolute atomic E-state index is 0.0855. The summed E-state index contributed by atoms with van der Waals surface area (Å²) in [5, 5.41) is 0.199. The van der Waals surface area contributed by atoms with Crippen LogP contribution < -0.4 is 4.74 Å². The van der Waals surface area contributed by atoms with Crippen LogP contribution in [0.5, 0.6) is 5.75 Å². The molecule has 0 saturated heterocycles. The minimum Gasteiger partial charge on any atom is -0.487 e. The van der Waals surface area contributed by atoms with Gasteiger partial charge in [0.25, 0.3) is 10.1 Å². The Morgan fingerprint density at radius 1 is 1.12 bits per heavy atom. The second kappa shape index (κ2) is 7.22. The van der Waals surface area contributed by atoms with Crippen LogP contribution in [0.4, 0.5) is 13.2 Å². The fraction of sp³-hybridized carbons (Fsp3) is 0.188. The monoisotopic (exact) mass is 403 g/mol. The lowest BCUT2D eigenvalue weighted by Gasteiger charge is -2.08. The van der Waals surface area contributed by atoms with Gasteiger partial charge in [-0.2, -0.15) is 8.42 Å². The van der Waals surface area contributed by atoms with Crippen molar-refractivity contribution in [1.82, 2.24) is 4.98 Å². The molecule has 3 rings (SSSR count). The van der Waals surface area contributed by atoms with Crippen LogP contribution >= 0.6 is 11.3 Å². The van der Waals surface area contributed by atoms with E-state index in [2.05, 4.69) is 9.17 Å². The van der Waals surface area contributed by atoms with E-state index in [1.807, 2.05) is 0 Å². The van der Waals surface area contributed by atoms with Crippen molar-refractivity contribution in [1.29, 1.82) is 0 Å². The molecule has 3 aromatic rings. The minimum atomic E-state index is -3.78. The Morgan fingerprint density at radius 2 is 1.88 bits per heavy atom. The molecule has 0 amide bonds. The summed E-state index contributed by atoms with van der Waals surface area (Å²) in [5.41, 5.74) is 0.307. The van der Waals surface area contributed by atoms with Crippen molar-refractivity contribution in [2.75, 3.05) is 7.11 Å². The molecule has 0 saturated carbocycles. The van der Waals surface area contributed by atoms with Crippen LogP contribution in [0.1, 0.15) is 10.6 Å². The van der Waals surface area contributed by atoms with E-state index in [1.165, 1.54) is 6.07 Å².